The van der Waals surface area contributed by atoms with Gasteiger partial charge < -0.3 is 0 Å². The monoisotopic (exact) mass is 366 g/mol. The first-order chi connectivity index (χ1) is 8.24. The zero-order chi connectivity index (χ0) is 13.0. The third-order valence-corrected chi connectivity index (χ3v) is 26.7. The van der Waals surface area contributed by atoms with Gasteiger partial charge >= 0.3 is 118 Å². The summed E-state index contributed by atoms with van der Waals surface area (Å²) < 4.78 is 4.99. The molecule has 2 heteroatoms. The molecule has 0 aliphatic carbocycles. The minimum absolute atomic E-state index is 1.38. The van der Waals surface area contributed by atoms with E-state index in [1.54, 1.807) is 13.3 Å². The van der Waals surface area contributed by atoms with Crippen molar-refractivity contribution in [3.05, 3.63) is 0 Å². The van der Waals surface area contributed by atoms with Gasteiger partial charge in [0.05, 0.1) is 0 Å². The topological polar surface area (TPSA) is 0 Å². The predicted octanol–water partition coefficient (Wildman–Crippen LogP) is 6.48. The van der Waals surface area contributed by atoms with Gasteiger partial charge in [-0.1, -0.05) is 0 Å². The van der Waals surface area contributed by atoms with E-state index in [4.69, 9.17) is 0 Å². The molecule has 0 bridgehead atoms. The van der Waals surface area contributed by atoms with E-state index in [0.29, 0.717) is 0 Å². The average Bonchev–Trinajstić information content (AvgIpc) is 2.37. The molecule has 0 aliphatic heterocycles. The van der Waals surface area contributed by atoms with Crippen molar-refractivity contribution in [2.45, 2.75) is 86.0 Å². The van der Waals surface area contributed by atoms with E-state index < -0.39 is 17.0 Å². The van der Waals surface area contributed by atoms with Crippen LogP contribution in [0.5, 0.6) is 0 Å². The third kappa shape index (κ3) is 8.80. The second-order valence-corrected chi connectivity index (χ2v) is 25.4. The van der Waals surface area contributed by atoms with Crippen LogP contribution in [0.25, 0.3) is 0 Å². The maximum atomic E-state index is 2.50. The van der Waals surface area contributed by atoms with Crippen molar-refractivity contribution >= 4 is 25.9 Å². The summed E-state index contributed by atoms with van der Waals surface area (Å²) in [5.41, 5.74) is 0. The molecular formula is C15H34SSn. The SMILES string of the molecule is CCC[CH2][Sn]([CH2]CCC)([CH2]CCC)[S]CCC. The van der Waals surface area contributed by atoms with Crippen molar-refractivity contribution in [1.29, 1.82) is 0 Å². The molecule has 0 aromatic heterocycles. The van der Waals surface area contributed by atoms with Gasteiger partial charge in [-0.3, -0.25) is 0 Å². The Hall–Kier alpha value is 1.15. The summed E-state index contributed by atoms with van der Waals surface area (Å²) in [4.78, 5) is 0. The molecule has 0 N–H and O–H groups in total. The Morgan fingerprint density at radius 3 is 1.35 bits per heavy atom. The van der Waals surface area contributed by atoms with Gasteiger partial charge in [0.2, 0.25) is 0 Å². The predicted molar refractivity (Wildman–Crippen MR) is 87.6 cm³/mol. The van der Waals surface area contributed by atoms with Crippen LogP contribution in [-0.2, 0) is 0 Å². The fraction of sp³-hybridized carbons (Fsp3) is 1.00. The molecule has 17 heavy (non-hydrogen) atoms. The van der Waals surface area contributed by atoms with Crippen LogP contribution in [0.4, 0.5) is 0 Å². The Bertz CT molecular complexity index is 121. The molecule has 0 amide bonds. The van der Waals surface area contributed by atoms with Crippen LogP contribution in [0, 0.1) is 0 Å². The van der Waals surface area contributed by atoms with Gasteiger partial charge in [-0.25, -0.2) is 0 Å². The first-order valence-electron chi connectivity index (χ1n) is 7.88. The van der Waals surface area contributed by atoms with Crippen LogP contribution in [0.15, 0.2) is 0 Å². The minimum atomic E-state index is -1.77. The normalized spacial score (nSPS) is 12.0. The van der Waals surface area contributed by atoms with E-state index in [0.717, 1.165) is 0 Å². The van der Waals surface area contributed by atoms with Crippen LogP contribution >= 0.6 is 8.95 Å². The van der Waals surface area contributed by atoms with Crippen LogP contribution in [0.2, 0.25) is 13.3 Å². The van der Waals surface area contributed by atoms with Crippen LogP contribution < -0.4 is 0 Å². The third-order valence-electron chi connectivity index (χ3n) is 3.57. The Balaban J connectivity index is 4.39. The van der Waals surface area contributed by atoms with Gasteiger partial charge in [0.1, 0.15) is 0 Å². The molecule has 0 saturated heterocycles. The fourth-order valence-corrected chi connectivity index (χ4v) is 26.2. The average molecular weight is 365 g/mol. The van der Waals surface area contributed by atoms with Crippen molar-refractivity contribution in [3.63, 3.8) is 0 Å². The van der Waals surface area contributed by atoms with E-state index in [1.165, 1.54) is 50.7 Å². The standard InChI is InChI=1S/3C4H9.C3H8S.Sn/c3*1-3-4-2;1-2-3-4;/h3*1,3-4H2,2H3;4H,2-3H2,1H3;/q;;;;+1/p-1. The summed E-state index contributed by atoms with van der Waals surface area (Å²) >= 11 is -1.77. The second kappa shape index (κ2) is 12.2. The summed E-state index contributed by atoms with van der Waals surface area (Å²) in [5.74, 6) is 1.45. The zero-order valence-electron chi connectivity index (χ0n) is 12.7. The molecule has 0 fully saturated rings. The molecular weight excluding hydrogens is 331 g/mol. The van der Waals surface area contributed by atoms with Gasteiger partial charge in [0.25, 0.3) is 0 Å². The Labute approximate surface area is 117 Å². The molecule has 0 nitrogen and oxygen atoms in total. The molecule has 0 saturated carbocycles. The maximum absolute atomic E-state index is 2.50. The van der Waals surface area contributed by atoms with Gasteiger partial charge in [-0.2, -0.15) is 0 Å². The molecule has 0 aliphatic rings. The van der Waals surface area contributed by atoms with Crippen molar-refractivity contribution in [2.24, 2.45) is 0 Å². The molecule has 0 aromatic carbocycles. The summed E-state index contributed by atoms with van der Waals surface area (Å²) in [6, 6.07) is 0. The van der Waals surface area contributed by atoms with Gasteiger partial charge in [0.15, 0.2) is 0 Å². The van der Waals surface area contributed by atoms with Crippen LogP contribution in [-0.4, -0.2) is 22.7 Å². The van der Waals surface area contributed by atoms with E-state index >= 15 is 0 Å². The molecule has 0 aromatic rings. The second-order valence-electron chi connectivity index (χ2n) is 5.34. The van der Waals surface area contributed by atoms with Gasteiger partial charge in [0, 0.05) is 0 Å². The van der Waals surface area contributed by atoms with Crippen LogP contribution in [0.1, 0.15) is 72.6 Å². The van der Waals surface area contributed by atoms with Crippen molar-refractivity contribution in [1.82, 2.24) is 0 Å². The zero-order valence-corrected chi connectivity index (χ0v) is 16.4. The Morgan fingerprint density at radius 2 is 1.06 bits per heavy atom. The first kappa shape index (κ1) is 18.1. The summed E-state index contributed by atoms with van der Waals surface area (Å²) in [7, 11) is 2.50. The van der Waals surface area contributed by atoms with Crippen molar-refractivity contribution < 1.29 is 0 Å². The molecule has 0 rings (SSSR count). The van der Waals surface area contributed by atoms with E-state index in [2.05, 4.69) is 36.6 Å². The number of unbranched alkanes of at least 4 members (excludes halogenated alkanes) is 3. The number of rotatable bonds is 12. The fourth-order valence-electron chi connectivity index (χ4n) is 2.41. The van der Waals surface area contributed by atoms with Gasteiger partial charge in [-0.15, -0.1) is 0 Å². The van der Waals surface area contributed by atoms with E-state index in [1.807, 2.05) is 0 Å². The number of hydrogen-bond acceptors (Lipinski definition) is 1. The quantitative estimate of drug-likeness (QED) is 0.357. The summed E-state index contributed by atoms with van der Waals surface area (Å²) in [6.45, 7) is 9.44. The Morgan fingerprint density at radius 1 is 0.647 bits per heavy atom. The number of hydrogen-bond donors (Lipinski definition) is 0. The first-order valence-corrected chi connectivity index (χ1v) is 18.4. The molecule has 0 atom stereocenters. The van der Waals surface area contributed by atoms with Crippen LogP contribution in [0.3, 0.4) is 0 Å². The van der Waals surface area contributed by atoms with E-state index in [-0.39, 0.29) is 0 Å². The molecule has 0 radical (unpaired) electrons. The molecule has 104 valence electrons. The molecule has 0 unspecified atom stereocenters. The van der Waals surface area contributed by atoms with Gasteiger partial charge in [-0.05, 0) is 0 Å². The molecule has 0 heterocycles. The Kier molecular flexibility index (Phi) is 13.0. The summed E-state index contributed by atoms with van der Waals surface area (Å²) in [5, 5.41) is 0. The summed E-state index contributed by atoms with van der Waals surface area (Å²) in [6.07, 6.45) is 10.1. The van der Waals surface area contributed by atoms with Crippen molar-refractivity contribution in [3.8, 4) is 0 Å². The molecule has 0 spiro atoms. The van der Waals surface area contributed by atoms with E-state index in [9.17, 15) is 0 Å². The van der Waals surface area contributed by atoms with Crippen molar-refractivity contribution in [2.75, 3.05) is 5.75 Å².